The Labute approximate surface area is 269 Å². The van der Waals surface area contributed by atoms with E-state index in [0.29, 0.717) is 0 Å². The molecule has 0 fully saturated rings. The Morgan fingerprint density at radius 3 is 0.833 bits per heavy atom. The average molecular weight is 613 g/mol. The van der Waals surface area contributed by atoms with Crippen LogP contribution in [0.5, 0.6) is 0 Å². The summed E-state index contributed by atoms with van der Waals surface area (Å²) in [4.78, 5) is 22.9. The maximum absolute atomic E-state index is 3.94. The lowest BCUT2D eigenvalue weighted by Crippen LogP contribution is -1.78. The molecule has 0 amide bonds. The first-order valence-corrected chi connectivity index (χ1v) is 16.4. The van der Waals surface area contributed by atoms with Crippen LogP contribution in [0.15, 0.2) is 109 Å². The molecular weight excluding hydrogens is 589 g/mol. The van der Waals surface area contributed by atoms with Gasteiger partial charge in [0.05, 0.1) is 16.6 Å². The summed E-state index contributed by atoms with van der Waals surface area (Å²) in [6, 6.07) is 39.7. The first-order valence-electron chi connectivity index (χ1n) is 16.4. The van der Waals surface area contributed by atoms with Gasteiger partial charge in [0.1, 0.15) is 0 Å². The fraction of sp³-hybridized carbons (Fsp3) is 0. The van der Waals surface area contributed by atoms with E-state index in [4.69, 9.17) is 0 Å². The molecule has 7 aromatic carbocycles. The van der Waals surface area contributed by atoms with E-state index >= 15 is 0 Å². The summed E-state index contributed by atoms with van der Waals surface area (Å²) in [7, 11) is 0. The van der Waals surface area contributed by atoms with E-state index < -0.39 is 0 Å². The topological polar surface area (TPSA) is 94.7 Å². The first kappa shape index (κ1) is 23.6. The molecule has 222 valence electrons. The SMILES string of the molecule is c1ccc2c(c1)[nH]c1cc3c(cc12)[nH]c1c3c2[nH]c3cc4c(cc3c2c2[nH]c3cc5c(cc3c12)[nH]c1ccccc15)[nH]c1ccccc14. The lowest BCUT2D eigenvalue weighted by Gasteiger charge is -2.01. The number of hydrogen-bond acceptors (Lipinski definition) is 0. The zero-order valence-electron chi connectivity index (χ0n) is 25.4. The van der Waals surface area contributed by atoms with Crippen LogP contribution >= 0.6 is 0 Å². The zero-order valence-corrected chi connectivity index (χ0v) is 25.4. The molecule has 0 aliphatic carbocycles. The quantitative estimate of drug-likeness (QED) is 0.0983. The van der Waals surface area contributed by atoms with Gasteiger partial charge in [0, 0.05) is 114 Å². The molecule has 6 aromatic heterocycles. The molecule has 6 N–H and O–H groups in total. The van der Waals surface area contributed by atoms with Crippen LogP contribution in [-0.2, 0) is 0 Å². The number of rotatable bonds is 0. The third-order valence-corrected chi connectivity index (χ3v) is 11.0. The maximum Gasteiger partial charge on any atom is 0.0588 e. The molecule has 13 rings (SSSR count). The van der Waals surface area contributed by atoms with E-state index in [2.05, 4.69) is 139 Å². The molecule has 13 aromatic rings. The number of para-hydroxylation sites is 3. The fourth-order valence-electron chi connectivity index (χ4n) is 8.96. The maximum atomic E-state index is 3.94. The minimum absolute atomic E-state index is 1.13. The molecule has 0 unspecified atom stereocenters. The van der Waals surface area contributed by atoms with Crippen LogP contribution in [0.3, 0.4) is 0 Å². The molecule has 6 heterocycles. The highest BCUT2D eigenvalue weighted by Crippen LogP contribution is 2.47. The van der Waals surface area contributed by atoms with Crippen molar-refractivity contribution >= 4 is 131 Å². The van der Waals surface area contributed by atoms with Gasteiger partial charge in [-0.1, -0.05) is 54.6 Å². The third kappa shape index (κ3) is 2.70. The smallest absolute Gasteiger partial charge is 0.0588 e. The lowest BCUT2D eigenvalue weighted by molar-refractivity contribution is 1.54. The Bertz CT molecular complexity index is 3170. The fourth-order valence-corrected chi connectivity index (χ4v) is 8.96. The van der Waals surface area contributed by atoms with Crippen molar-refractivity contribution in [3.63, 3.8) is 0 Å². The molecule has 0 aliphatic rings. The molecular formula is C42H24N6. The third-order valence-electron chi connectivity index (χ3n) is 11.0. The molecule has 6 heteroatoms. The van der Waals surface area contributed by atoms with Crippen molar-refractivity contribution in [2.75, 3.05) is 0 Å². The minimum Gasteiger partial charge on any atom is -0.354 e. The largest absolute Gasteiger partial charge is 0.354 e. The molecule has 6 nitrogen and oxygen atoms in total. The predicted molar refractivity (Wildman–Crippen MR) is 203 cm³/mol. The summed E-state index contributed by atoms with van der Waals surface area (Å²) in [6.45, 7) is 0. The molecule has 0 atom stereocenters. The van der Waals surface area contributed by atoms with Gasteiger partial charge >= 0.3 is 0 Å². The summed E-state index contributed by atoms with van der Waals surface area (Å²) in [5, 5.41) is 14.7. The number of hydrogen-bond donors (Lipinski definition) is 6. The Hall–Kier alpha value is -6.66. The van der Waals surface area contributed by atoms with Crippen molar-refractivity contribution in [1.29, 1.82) is 0 Å². The second-order valence-electron chi connectivity index (χ2n) is 13.5. The van der Waals surface area contributed by atoms with Crippen molar-refractivity contribution in [2.45, 2.75) is 0 Å². The van der Waals surface area contributed by atoms with Gasteiger partial charge in [0.15, 0.2) is 0 Å². The van der Waals surface area contributed by atoms with Gasteiger partial charge in [-0.15, -0.1) is 0 Å². The van der Waals surface area contributed by atoms with E-state index in [9.17, 15) is 0 Å². The molecule has 0 aliphatic heterocycles. The first-order chi connectivity index (χ1) is 23.7. The van der Waals surface area contributed by atoms with Crippen LogP contribution in [0.1, 0.15) is 0 Å². The molecule has 0 radical (unpaired) electrons. The molecule has 0 saturated heterocycles. The van der Waals surface area contributed by atoms with Crippen molar-refractivity contribution in [3.8, 4) is 0 Å². The number of nitrogens with one attached hydrogen (secondary N) is 6. The van der Waals surface area contributed by atoms with Crippen molar-refractivity contribution < 1.29 is 0 Å². The standard InChI is InChI=1S/C42H24N6/c1-4-10-28-19(7-1)22-13-34-25(16-31(22)43-28)37-40(46-34)38-26-17-32-23(20-8-2-5-11-29(20)44-32)14-35(26)48-42(38)39-27-18-33-24(15-36(27)47-41(37)39)21-9-3-6-12-30(21)45-33/h1-18,43-48H. The van der Waals surface area contributed by atoms with Crippen LogP contribution in [0, 0.1) is 0 Å². The summed E-state index contributed by atoms with van der Waals surface area (Å²) >= 11 is 0. The second-order valence-corrected chi connectivity index (χ2v) is 13.5. The zero-order chi connectivity index (χ0) is 30.8. The minimum atomic E-state index is 1.13. The highest BCUT2D eigenvalue weighted by Gasteiger charge is 2.23. The Kier molecular flexibility index (Phi) is 3.85. The van der Waals surface area contributed by atoms with Gasteiger partial charge in [-0.25, -0.2) is 0 Å². The lowest BCUT2D eigenvalue weighted by atomic mass is 10.0. The highest BCUT2D eigenvalue weighted by atomic mass is 14.8. The average Bonchev–Trinajstić information content (AvgIpc) is 3.94. The van der Waals surface area contributed by atoms with Gasteiger partial charge in [0.2, 0.25) is 0 Å². The van der Waals surface area contributed by atoms with Crippen LogP contribution in [-0.4, -0.2) is 29.9 Å². The van der Waals surface area contributed by atoms with Gasteiger partial charge in [-0.2, -0.15) is 0 Å². The number of aromatic nitrogens is 6. The van der Waals surface area contributed by atoms with Gasteiger partial charge in [0.25, 0.3) is 0 Å². The molecule has 0 spiro atoms. The summed E-state index contributed by atoms with van der Waals surface area (Å²) < 4.78 is 0. The van der Waals surface area contributed by atoms with E-state index in [0.717, 1.165) is 66.2 Å². The van der Waals surface area contributed by atoms with Crippen molar-refractivity contribution in [1.82, 2.24) is 29.9 Å². The van der Waals surface area contributed by atoms with E-state index in [-0.39, 0.29) is 0 Å². The van der Waals surface area contributed by atoms with Crippen LogP contribution in [0.4, 0.5) is 0 Å². The van der Waals surface area contributed by atoms with Crippen molar-refractivity contribution in [3.05, 3.63) is 109 Å². The van der Waals surface area contributed by atoms with Crippen molar-refractivity contribution in [2.24, 2.45) is 0 Å². The summed E-state index contributed by atoms with van der Waals surface area (Å²) in [5.41, 5.74) is 13.7. The van der Waals surface area contributed by atoms with E-state index in [1.165, 1.54) is 64.6 Å². The number of benzene rings is 7. The molecule has 0 bridgehead atoms. The van der Waals surface area contributed by atoms with Gasteiger partial charge in [-0.05, 0) is 54.6 Å². The summed E-state index contributed by atoms with van der Waals surface area (Å²) in [6.07, 6.45) is 0. The Balaban J connectivity index is 1.27. The number of aromatic amines is 6. The van der Waals surface area contributed by atoms with Crippen LogP contribution in [0.2, 0.25) is 0 Å². The summed E-state index contributed by atoms with van der Waals surface area (Å²) in [5.74, 6) is 0. The van der Waals surface area contributed by atoms with Crippen LogP contribution < -0.4 is 0 Å². The normalized spacial score (nSPS) is 13.0. The van der Waals surface area contributed by atoms with Gasteiger partial charge in [-0.3, -0.25) is 0 Å². The monoisotopic (exact) mass is 612 g/mol. The Morgan fingerprint density at radius 1 is 0.229 bits per heavy atom. The van der Waals surface area contributed by atoms with Crippen LogP contribution in [0.25, 0.3) is 131 Å². The number of fused-ring (bicyclic) bond motifs is 21. The molecule has 0 saturated carbocycles. The second kappa shape index (κ2) is 7.82. The molecule has 48 heavy (non-hydrogen) atoms. The van der Waals surface area contributed by atoms with E-state index in [1.54, 1.807) is 0 Å². The predicted octanol–water partition coefficient (Wildman–Crippen LogP) is 11.5. The highest BCUT2D eigenvalue weighted by molar-refractivity contribution is 6.40. The Morgan fingerprint density at radius 2 is 0.500 bits per heavy atom. The van der Waals surface area contributed by atoms with E-state index in [1.807, 2.05) is 0 Å². The number of H-pyrrole nitrogens is 6. The van der Waals surface area contributed by atoms with Gasteiger partial charge < -0.3 is 29.9 Å².